The Bertz CT molecular complexity index is 1890. The van der Waals surface area contributed by atoms with Gasteiger partial charge in [-0.25, -0.2) is 9.13 Å². The summed E-state index contributed by atoms with van der Waals surface area (Å²) in [4.78, 5) is 72.8. The van der Waals surface area contributed by atoms with Crippen LogP contribution in [0.5, 0.6) is 0 Å². The second-order valence-corrected chi connectivity index (χ2v) is 32.3. The summed E-state index contributed by atoms with van der Waals surface area (Å²) in [5, 5.41) is 10.6. The number of hydrogen-bond acceptors (Lipinski definition) is 15. The summed E-state index contributed by atoms with van der Waals surface area (Å²) in [7, 11) is -9.91. The van der Waals surface area contributed by atoms with E-state index in [9.17, 15) is 43.2 Å². The number of carbonyl (C=O) groups excluding carboxylic acids is 4. The predicted molar refractivity (Wildman–Crippen MR) is 391 cm³/mol. The van der Waals surface area contributed by atoms with E-state index < -0.39 is 97.5 Å². The van der Waals surface area contributed by atoms with Crippen LogP contribution in [0.2, 0.25) is 0 Å². The van der Waals surface area contributed by atoms with Gasteiger partial charge < -0.3 is 33.8 Å². The van der Waals surface area contributed by atoms with Crippen LogP contribution in [0.1, 0.15) is 389 Å². The monoisotopic (exact) mass is 1410 g/mol. The fourth-order valence-electron chi connectivity index (χ4n) is 11.7. The molecule has 0 aromatic carbocycles. The van der Waals surface area contributed by atoms with Crippen molar-refractivity contribution in [3.63, 3.8) is 0 Å². The maximum absolute atomic E-state index is 13.1. The average Bonchev–Trinajstić information content (AvgIpc) is 1.07. The summed E-state index contributed by atoms with van der Waals surface area (Å²) in [6.45, 7) is 14.2. The second kappa shape index (κ2) is 66.3. The Morgan fingerprint density at radius 2 is 0.500 bits per heavy atom. The lowest BCUT2D eigenvalue weighted by Gasteiger charge is -2.21. The van der Waals surface area contributed by atoms with Crippen LogP contribution in [-0.4, -0.2) is 96.7 Å². The van der Waals surface area contributed by atoms with Gasteiger partial charge in [-0.05, 0) is 49.4 Å². The predicted octanol–water partition coefficient (Wildman–Crippen LogP) is 22.4. The average molecular weight is 1410 g/mol. The lowest BCUT2D eigenvalue weighted by Crippen LogP contribution is -2.30. The zero-order valence-electron chi connectivity index (χ0n) is 63.0. The number of esters is 4. The van der Waals surface area contributed by atoms with Gasteiger partial charge in [-0.15, -0.1) is 0 Å². The summed E-state index contributed by atoms with van der Waals surface area (Å²) in [5.41, 5.74) is 0. The van der Waals surface area contributed by atoms with Gasteiger partial charge in [0, 0.05) is 25.7 Å². The van der Waals surface area contributed by atoms with Crippen molar-refractivity contribution < 1.29 is 80.2 Å². The van der Waals surface area contributed by atoms with Crippen molar-refractivity contribution >= 4 is 39.5 Å². The Hall–Kier alpha value is -1.94. The molecule has 570 valence electrons. The van der Waals surface area contributed by atoms with Gasteiger partial charge in [-0.1, -0.05) is 338 Å². The third kappa shape index (κ3) is 69.2. The second-order valence-electron chi connectivity index (χ2n) is 29.4. The van der Waals surface area contributed by atoms with E-state index in [0.29, 0.717) is 31.6 Å². The van der Waals surface area contributed by atoms with Crippen LogP contribution in [-0.2, 0) is 65.4 Å². The molecule has 0 aliphatic heterocycles. The Balaban J connectivity index is 5.18. The van der Waals surface area contributed by atoms with E-state index >= 15 is 0 Å². The van der Waals surface area contributed by atoms with E-state index in [4.69, 9.17) is 37.0 Å². The van der Waals surface area contributed by atoms with E-state index in [0.717, 1.165) is 114 Å². The number of rotatable bonds is 74. The topological polar surface area (TPSA) is 237 Å². The highest BCUT2D eigenvalue weighted by atomic mass is 31.2. The lowest BCUT2D eigenvalue weighted by molar-refractivity contribution is -0.161. The maximum atomic E-state index is 13.1. The first-order chi connectivity index (χ1) is 46.1. The van der Waals surface area contributed by atoms with Gasteiger partial charge in [0.15, 0.2) is 12.2 Å². The molecule has 6 atom stereocenters. The molecule has 0 fully saturated rings. The summed E-state index contributed by atoms with van der Waals surface area (Å²) in [6, 6.07) is 0. The molecule has 0 saturated carbocycles. The quantitative estimate of drug-likeness (QED) is 0.0222. The van der Waals surface area contributed by atoms with Gasteiger partial charge in [-0.2, -0.15) is 0 Å². The first-order valence-corrected chi connectivity index (χ1v) is 42.7. The van der Waals surface area contributed by atoms with Crippen LogP contribution >= 0.6 is 15.6 Å². The van der Waals surface area contributed by atoms with E-state index in [1.807, 2.05) is 0 Å². The molecular weight excluding hydrogens is 1260 g/mol. The fraction of sp³-hybridized carbons (Fsp3) is 0.948. The van der Waals surface area contributed by atoms with Gasteiger partial charge in [-0.3, -0.25) is 37.3 Å². The molecule has 0 aliphatic carbocycles. The van der Waals surface area contributed by atoms with Crippen molar-refractivity contribution in [3.8, 4) is 0 Å². The van der Waals surface area contributed by atoms with Crippen molar-refractivity contribution in [1.82, 2.24) is 0 Å². The molecule has 0 aromatic heterocycles. The Morgan fingerprint density at radius 1 is 0.292 bits per heavy atom. The van der Waals surface area contributed by atoms with Crippen LogP contribution in [0.25, 0.3) is 0 Å². The van der Waals surface area contributed by atoms with Crippen molar-refractivity contribution in [1.29, 1.82) is 0 Å². The number of phosphoric ester groups is 2. The smallest absolute Gasteiger partial charge is 0.462 e. The number of hydrogen-bond donors (Lipinski definition) is 3. The standard InChI is InChI=1S/C77H150O17P2/c1-9-70(8)56-48-40-31-25-20-21-26-32-41-49-57-74(79)87-63-72(93-77(82)60-52-44-34-28-22-24-30-38-46-54-68(4)5)65-91-95(83,84)89-61-71(78)62-90-96(85,86)92-66-73(64-88-75(80)58-50-42-36-35-39-47-55-69(6)7)94-76(81)59-51-43-33-27-19-17-15-13-11-10-12-14-16-18-23-29-37-45-53-67(2)3/h67-73,78H,9-66H2,1-8H3,(H,83,84)(H,85,86)/t70?,71?,72-,73-/m1/s1. The molecule has 96 heavy (non-hydrogen) atoms. The van der Waals surface area contributed by atoms with Crippen LogP contribution in [0.15, 0.2) is 0 Å². The summed E-state index contributed by atoms with van der Waals surface area (Å²) in [6.07, 6.45) is 51.5. The summed E-state index contributed by atoms with van der Waals surface area (Å²) in [5.74, 6) is 0.923. The van der Waals surface area contributed by atoms with Crippen LogP contribution in [0, 0.1) is 23.7 Å². The normalized spacial score (nSPS) is 14.4. The highest BCUT2D eigenvalue weighted by Crippen LogP contribution is 2.45. The number of ether oxygens (including phenoxy) is 4. The number of aliphatic hydroxyl groups excluding tert-OH is 1. The molecule has 0 aliphatic rings. The molecular formula is C77H150O17P2. The largest absolute Gasteiger partial charge is 0.472 e. The molecule has 0 aromatic rings. The fourth-order valence-corrected chi connectivity index (χ4v) is 13.3. The molecule has 0 radical (unpaired) electrons. The van der Waals surface area contributed by atoms with E-state index in [1.54, 1.807) is 0 Å². The molecule has 17 nitrogen and oxygen atoms in total. The Kier molecular flexibility index (Phi) is 65.0. The van der Waals surface area contributed by atoms with Crippen LogP contribution in [0.3, 0.4) is 0 Å². The molecule has 3 N–H and O–H groups in total. The Morgan fingerprint density at radius 3 is 0.740 bits per heavy atom. The van der Waals surface area contributed by atoms with Gasteiger partial charge in [0.1, 0.15) is 19.3 Å². The molecule has 0 bridgehead atoms. The van der Waals surface area contributed by atoms with Gasteiger partial charge in [0.05, 0.1) is 26.4 Å². The summed E-state index contributed by atoms with van der Waals surface area (Å²) >= 11 is 0. The lowest BCUT2D eigenvalue weighted by atomic mass is 9.99. The third-order valence-corrected chi connectivity index (χ3v) is 20.1. The number of unbranched alkanes of at least 4 members (excludes halogenated alkanes) is 39. The zero-order chi connectivity index (χ0) is 71.0. The molecule has 4 unspecified atom stereocenters. The van der Waals surface area contributed by atoms with Crippen molar-refractivity contribution in [3.05, 3.63) is 0 Å². The van der Waals surface area contributed by atoms with Gasteiger partial charge >= 0.3 is 39.5 Å². The minimum absolute atomic E-state index is 0.105. The first kappa shape index (κ1) is 94.1. The van der Waals surface area contributed by atoms with Gasteiger partial charge in [0.25, 0.3) is 0 Å². The molecule has 0 amide bonds. The third-order valence-electron chi connectivity index (χ3n) is 18.2. The highest BCUT2D eigenvalue weighted by molar-refractivity contribution is 7.47. The molecule has 0 saturated heterocycles. The van der Waals surface area contributed by atoms with Crippen LogP contribution < -0.4 is 0 Å². The van der Waals surface area contributed by atoms with Crippen molar-refractivity contribution in [2.75, 3.05) is 39.6 Å². The minimum atomic E-state index is -4.96. The van der Waals surface area contributed by atoms with Gasteiger partial charge in [0.2, 0.25) is 0 Å². The van der Waals surface area contributed by atoms with E-state index in [1.165, 1.54) is 186 Å². The van der Waals surface area contributed by atoms with Crippen molar-refractivity contribution in [2.45, 2.75) is 408 Å². The molecule has 19 heteroatoms. The zero-order valence-corrected chi connectivity index (χ0v) is 64.8. The SMILES string of the molecule is CCC(C)CCCCCCCCCCCCC(=O)OC[C@H](COP(=O)(O)OCC(O)COP(=O)(O)OC[C@@H](COC(=O)CCCCCCCCC(C)C)OC(=O)CCCCCCCCCCCCCCCCCCCCC(C)C)OC(=O)CCCCCCCCCCCC(C)C. The van der Waals surface area contributed by atoms with E-state index in [2.05, 4.69) is 55.4 Å². The van der Waals surface area contributed by atoms with Crippen LogP contribution in [0.4, 0.5) is 0 Å². The van der Waals surface area contributed by atoms with Crippen molar-refractivity contribution in [2.24, 2.45) is 23.7 Å². The number of phosphoric acid groups is 2. The summed E-state index contributed by atoms with van der Waals surface area (Å²) < 4.78 is 68.5. The molecule has 0 heterocycles. The Labute approximate surface area is 588 Å². The maximum Gasteiger partial charge on any atom is 0.472 e. The number of aliphatic hydroxyl groups is 1. The highest BCUT2D eigenvalue weighted by Gasteiger charge is 2.30. The molecule has 0 rings (SSSR count). The minimum Gasteiger partial charge on any atom is -0.462 e. The van der Waals surface area contributed by atoms with E-state index in [-0.39, 0.29) is 25.7 Å². The number of carbonyl (C=O) groups is 4. The molecule has 0 spiro atoms. The first-order valence-electron chi connectivity index (χ1n) is 39.7.